The second kappa shape index (κ2) is 7.11. The van der Waals surface area contributed by atoms with E-state index in [1.807, 2.05) is 39.8 Å². The summed E-state index contributed by atoms with van der Waals surface area (Å²) in [5.41, 5.74) is 4.23. The Kier molecular flexibility index (Phi) is 4.86. The highest BCUT2D eigenvalue weighted by Crippen LogP contribution is 2.38. The van der Waals surface area contributed by atoms with E-state index in [9.17, 15) is 8.42 Å². The van der Waals surface area contributed by atoms with Gasteiger partial charge >= 0.3 is 0 Å². The number of fused-ring (bicyclic) bond motifs is 1. The van der Waals surface area contributed by atoms with Crippen molar-refractivity contribution in [1.29, 1.82) is 0 Å². The molecule has 0 spiro atoms. The number of nitrogens with zero attached hydrogens (tertiary/aromatic N) is 2. The third-order valence-corrected chi connectivity index (χ3v) is 8.76. The largest absolute Gasteiger partial charge is 0.381 e. The van der Waals surface area contributed by atoms with Gasteiger partial charge in [-0.15, -0.1) is 0 Å². The molecular formula is C21H26N4O3S. The Morgan fingerprint density at radius 3 is 2.55 bits per heavy atom. The number of aromatic amines is 1. The van der Waals surface area contributed by atoms with E-state index in [1.54, 1.807) is 12.3 Å². The lowest BCUT2D eigenvalue weighted by Gasteiger charge is -2.33. The van der Waals surface area contributed by atoms with Gasteiger partial charge in [0, 0.05) is 36.1 Å². The number of hydrogen-bond donors (Lipinski definition) is 2. The monoisotopic (exact) mass is 414 g/mol. The van der Waals surface area contributed by atoms with Crippen LogP contribution in [0.3, 0.4) is 0 Å². The van der Waals surface area contributed by atoms with Gasteiger partial charge in [0.05, 0.1) is 20.8 Å². The van der Waals surface area contributed by atoms with Crippen LogP contribution < -0.4 is 5.32 Å². The van der Waals surface area contributed by atoms with E-state index in [0.29, 0.717) is 36.5 Å². The highest BCUT2D eigenvalue weighted by molar-refractivity contribution is 7.92. The first kappa shape index (κ1) is 19.8. The second-order valence-corrected chi connectivity index (χ2v) is 10.4. The average molecular weight is 415 g/mol. The molecule has 0 unspecified atom stereocenters. The van der Waals surface area contributed by atoms with Crippen LogP contribution in [-0.4, -0.2) is 41.6 Å². The highest BCUT2D eigenvalue weighted by Gasteiger charge is 2.42. The van der Waals surface area contributed by atoms with Crippen molar-refractivity contribution in [2.24, 2.45) is 0 Å². The number of aromatic nitrogens is 3. The topological polar surface area (TPSA) is 97.0 Å². The Morgan fingerprint density at radius 1 is 1.17 bits per heavy atom. The Morgan fingerprint density at radius 2 is 1.90 bits per heavy atom. The molecule has 0 aliphatic carbocycles. The van der Waals surface area contributed by atoms with Gasteiger partial charge in [-0.3, -0.25) is 10.1 Å². The molecule has 0 saturated carbocycles. The van der Waals surface area contributed by atoms with Crippen LogP contribution in [-0.2, 0) is 14.6 Å². The zero-order chi connectivity index (χ0) is 20.8. The summed E-state index contributed by atoms with van der Waals surface area (Å²) in [5.74, 6) is 0.719. The average Bonchev–Trinajstić information content (AvgIpc) is 3.00. The van der Waals surface area contributed by atoms with Gasteiger partial charge in [0.1, 0.15) is 0 Å². The Hall–Kier alpha value is -2.45. The van der Waals surface area contributed by atoms with E-state index >= 15 is 0 Å². The molecule has 0 radical (unpaired) electrons. The van der Waals surface area contributed by atoms with Gasteiger partial charge in [-0.1, -0.05) is 0 Å². The summed E-state index contributed by atoms with van der Waals surface area (Å²) in [6, 6.07) is 5.44. The fourth-order valence-corrected chi connectivity index (χ4v) is 5.74. The molecule has 154 valence electrons. The lowest BCUT2D eigenvalue weighted by molar-refractivity contribution is 0.0789. The van der Waals surface area contributed by atoms with Crippen molar-refractivity contribution in [3.05, 3.63) is 41.2 Å². The lowest BCUT2D eigenvalue weighted by Crippen LogP contribution is -2.41. The zero-order valence-electron chi connectivity index (χ0n) is 17.2. The first-order valence-electron chi connectivity index (χ1n) is 9.73. The van der Waals surface area contributed by atoms with Crippen molar-refractivity contribution in [2.45, 2.75) is 50.2 Å². The lowest BCUT2D eigenvalue weighted by atomic mass is 10.0. The third kappa shape index (κ3) is 3.30. The molecule has 2 aromatic heterocycles. The Bertz CT molecular complexity index is 1180. The molecule has 1 aromatic carbocycles. The van der Waals surface area contributed by atoms with Gasteiger partial charge in [-0.05, 0) is 64.3 Å². The Labute approximate surface area is 170 Å². The molecule has 7 nitrogen and oxygen atoms in total. The van der Waals surface area contributed by atoms with Crippen LogP contribution in [0.1, 0.15) is 36.6 Å². The van der Waals surface area contributed by atoms with Crippen LogP contribution in [0.25, 0.3) is 10.9 Å². The Balaban J connectivity index is 1.84. The predicted molar refractivity (Wildman–Crippen MR) is 113 cm³/mol. The smallest absolute Gasteiger partial charge is 0.184 e. The first-order valence-corrected chi connectivity index (χ1v) is 11.2. The van der Waals surface area contributed by atoms with E-state index in [1.165, 1.54) is 0 Å². The normalized spacial score (nSPS) is 16.8. The van der Waals surface area contributed by atoms with Crippen molar-refractivity contribution < 1.29 is 13.2 Å². The first-order chi connectivity index (χ1) is 13.7. The number of hydrogen-bond acceptors (Lipinski definition) is 6. The summed E-state index contributed by atoms with van der Waals surface area (Å²) in [7, 11) is -3.53. The van der Waals surface area contributed by atoms with Crippen molar-refractivity contribution >= 4 is 32.2 Å². The number of rotatable bonds is 4. The SMILES string of the molecule is Cc1cc2nccc(Nc3n[nH]c(C)c3C)c2cc1S(=O)(=O)C1(C)CCOCC1. The van der Waals surface area contributed by atoms with E-state index in [0.717, 1.165) is 33.7 Å². The van der Waals surface area contributed by atoms with Crippen LogP contribution in [0.4, 0.5) is 11.5 Å². The van der Waals surface area contributed by atoms with Gasteiger partial charge in [-0.25, -0.2) is 8.42 Å². The minimum atomic E-state index is -3.53. The van der Waals surface area contributed by atoms with Crippen LogP contribution in [0.2, 0.25) is 0 Å². The van der Waals surface area contributed by atoms with Crippen molar-refractivity contribution in [2.75, 3.05) is 18.5 Å². The highest BCUT2D eigenvalue weighted by atomic mass is 32.2. The number of benzene rings is 1. The molecule has 4 rings (SSSR count). The molecule has 8 heteroatoms. The van der Waals surface area contributed by atoms with E-state index < -0.39 is 14.6 Å². The number of aryl methyl sites for hydroxylation is 2. The maximum atomic E-state index is 13.6. The summed E-state index contributed by atoms with van der Waals surface area (Å²) < 4.78 is 31.8. The molecule has 1 aliphatic heterocycles. The minimum Gasteiger partial charge on any atom is -0.381 e. The van der Waals surface area contributed by atoms with Crippen molar-refractivity contribution in [1.82, 2.24) is 15.2 Å². The van der Waals surface area contributed by atoms with Crippen LogP contribution in [0.15, 0.2) is 29.3 Å². The van der Waals surface area contributed by atoms with Crippen molar-refractivity contribution in [3.63, 3.8) is 0 Å². The quantitative estimate of drug-likeness (QED) is 0.670. The number of sulfone groups is 1. The van der Waals surface area contributed by atoms with Gasteiger partial charge in [0.15, 0.2) is 15.7 Å². The summed E-state index contributed by atoms with van der Waals surface area (Å²) >= 11 is 0. The molecular weight excluding hydrogens is 388 g/mol. The number of ether oxygens (including phenoxy) is 1. The molecule has 0 bridgehead atoms. The third-order valence-electron chi connectivity index (χ3n) is 6.03. The molecule has 3 aromatic rings. The van der Waals surface area contributed by atoms with Crippen LogP contribution in [0, 0.1) is 20.8 Å². The molecule has 0 atom stereocenters. The zero-order valence-corrected chi connectivity index (χ0v) is 18.0. The number of anilines is 2. The molecule has 29 heavy (non-hydrogen) atoms. The molecule has 1 aliphatic rings. The van der Waals surface area contributed by atoms with Gasteiger partial charge < -0.3 is 10.1 Å². The fourth-order valence-electron chi connectivity index (χ4n) is 3.75. The summed E-state index contributed by atoms with van der Waals surface area (Å²) in [6.07, 6.45) is 2.71. The fraction of sp³-hybridized carbons (Fsp3) is 0.429. The molecule has 1 saturated heterocycles. The summed E-state index contributed by atoms with van der Waals surface area (Å²) in [4.78, 5) is 4.80. The maximum absolute atomic E-state index is 13.6. The van der Waals surface area contributed by atoms with Crippen LogP contribution >= 0.6 is 0 Å². The molecule has 3 heterocycles. The molecule has 0 amide bonds. The second-order valence-electron chi connectivity index (χ2n) is 8.01. The summed E-state index contributed by atoms with van der Waals surface area (Å²) in [5, 5.41) is 11.3. The van der Waals surface area contributed by atoms with E-state index in [-0.39, 0.29) is 0 Å². The van der Waals surface area contributed by atoms with Gasteiger partial charge in [0.25, 0.3) is 0 Å². The number of H-pyrrole nitrogens is 1. The minimum absolute atomic E-state index is 0.361. The van der Waals surface area contributed by atoms with E-state index in [4.69, 9.17) is 4.74 Å². The molecule has 1 fully saturated rings. The number of nitrogens with one attached hydrogen (secondary N) is 2. The van der Waals surface area contributed by atoms with Crippen LogP contribution in [0.5, 0.6) is 0 Å². The van der Waals surface area contributed by atoms with Gasteiger partial charge in [-0.2, -0.15) is 5.10 Å². The summed E-state index contributed by atoms with van der Waals surface area (Å²) in [6.45, 7) is 8.53. The maximum Gasteiger partial charge on any atom is 0.184 e. The molecule has 2 N–H and O–H groups in total. The van der Waals surface area contributed by atoms with E-state index in [2.05, 4.69) is 20.5 Å². The predicted octanol–water partition coefficient (Wildman–Crippen LogP) is 3.97. The number of pyridine rings is 1. The van der Waals surface area contributed by atoms with Crippen molar-refractivity contribution in [3.8, 4) is 0 Å². The standard InChI is InChI=1S/C21H26N4O3S/c1-13-11-18-16(12-19(13)29(26,27)21(4)6-9-28-10-7-21)17(5-8-22-18)23-20-14(2)15(3)24-25-20/h5,8,11-12H,6-7,9-10H2,1-4H3,(H2,22,23,24,25). The van der Waals surface area contributed by atoms with Gasteiger partial charge in [0.2, 0.25) is 0 Å².